The van der Waals surface area contributed by atoms with E-state index in [1.807, 2.05) is 0 Å². The summed E-state index contributed by atoms with van der Waals surface area (Å²) < 4.78 is 39.2. The zero-order valence-electron chi connectivity index (χ0n) is 15.4. The Kier molecular flexibility index (Phi) is 5.83. The maximum atomic E-state index is 14.7. The minimum Gasteiger partial charge on any atom is -0.429 e. The molecule has 0 aliphatic carbocycles. The summed E-state index contributed by atoms with van der Waals surface area (Å²) in [5, 5.41) is 0. The summed E-state index contributed by atoms with van der Waals surface area (Å²) in [6.45, 7) is 5.31. The molecule has 0 N–H and O–H groups in total. The summed E-state index contributed by atoms with van der Waals surface area (Å²) in [6.07, 6.45) is 0. The first-order chi connectivity index (χ1) is 13.9. The molecule has 0 spiro atoms. The van der Waals surface area contributed by atoms with Crippen molar-refractivity contribution in [1.82, 2.24) is 0 Å². The van der Waals surface area contributed by atoms with Crippen LogP contribution in [0.15, 0.2) is 72.8 Å². The minimum absolute atomic E-state index is 0.0740. The molecule has 0 aliphatic heterocycles. The SMILES string of the molecule is C=C(C)C(=O)Oc1ccc(-c2ccc(-c3ccc(OC=O)cc3)c(F)c2F)cc1. The van der Waals surface area contributed by atoms with Gasteiger partial charge in [-0.05, 0) is 42.3 Å². The van der Waals surface area contributed by atoms with Gasteiger partial charge in [-0.15, -0.1) is 0 Å². The van der Waals surface area contributed by atoms with Crippen LogP contribution in [-0.4, -0.2) is 12.4 Å². The molecule has 0 aliphatic rings. The molecule has 3 aromatic carbocycles. The summed E-state index contributed by atoms with van der Waals surface area (Å²) in [5.41, 5.74) is 1.27. The lowest BCUT2D eigenvalue weighted by Gasteiger charge is -2.10. The molecule has 0 atom stereocenters. The van der Waals surface area contributed by atoms with Crippen molar-refractivity contribution in [3.05, 3.63) is 84.5 Å². The number of benzene rings is 3. The summed E-state index contributed by atoms with van der Waals surface area (Å²) in [6, 6.07) is 15.0. The molecule has 3 rings (SSSR count). The molecule has 4 nitrogen and oxygen atoms in total. The van der Waals surface area contributed by atoms with Crippen LogP contribution in [0.3, 0.4) is 0 Å². The number of rotatable bonds is 6. The summed E-state index contributed by atoms with van der Waals surface area (Å²) >= 11 is 0. The normalized spacial score (nSPS) is 10.3. The molecule has 0 saturated heterocycles. The van der Waals surface area contributed by atoms with Crippen LogP contribution in [0.25, 0.3) is 22.3 Å². The quantitative estimate of drug-likeness (QED) is 0.246. The molecule has 3 aromatic rings. The van der Waals surface area contributed by atoms with E-state index in [0.29, 0.717) is 16.9 Å². The van der Waals surface area contributed by atoms with Crippen molar-refractivity contribution in [3.63, 3.8) is 0 Å². The van der Waals surface area contributed by atoms with Crippen molar-refractivity contribution in [2.75, 3.05) is 0 Å². The zero-order chi connectivity index (χ0) is 21.0. The van der Waals surface area contributed by atoms with Crippen molar-refractivity contribution in [3.8, 4) is 33.8 Å². The molecule has 29 heavy (non-hydrogen) atoms. The van der Waals surface area contributed by atoms with E-state index >= 15 is 0 Å². The lowest BCUT2D eigenvalue weighted by Crippen LogP contribution is -2.07. The molecule has 6 heteroatoms. The van der Waals surface area contributed by atoms with Gasteiger partial charge in [0.1, 0.15) is 11.5 Å². The molecule has 0 radical (unpaired) electrons. The fraction of sp³-hybridized carbons (Fsp3) is 0.0435. The van der Waals surface area contributed by atoms with Gasteiger partial charge in [0.2, 0.25) is 0 Å². The Morgan fingerprint density at radius 1 is 0.828 bits per heavy atom. The van der Waals surface area contributed by atoms with Gasteiger partial charge in [-0.25, -0.2) is 13.6 Å². The fourth-order valence-corrected chi connectivity index (χ4v) is 2.66. The van der Waals surface area contributed by atoms with Gasteiger partial charge in [-0.3, -0.25) is 4.79 Å². The van der Waals surface area contributed by atoms with Crippen LogP contribution in [0.1, 0.15) is 6.92 Å². The van der Waals surface area contributed by atoms with Crippen LogP contribution in [0.4, 0.5) is 8.78 Å². The molecule has 0 fully saturated rings. The van der Waals surface area contributed by atoms with Gasteiger partial charge < -0.3 is 9.47 Å². The lowest BCUT2D eigenvalue weighted by atomic mass is 9.98. The molecule has 0 bridgehead atoms. The Morgan fingerprint density at radius 3 is 1.69 bits per heavy atom. The summed E-state index contributed by atoms with van der Waals surface area (Å²) in [5.74, 6) is -1.98. The van der Waals surface area contributed by atoms with Gasteiger partial charge in [0, 0.05) is 16.7 Å². The highest BCUT2D eigenvalue weighted by Gasteiger charge is 2.16. The standard InChI is InChI=1S/C23H16F2O4/c1-14(2)23(27)29-18-9-5-16(6-10-18)20-12-11-19(21(24)22(20)25)15-3-7-17(8-4-15)28-13-26/h3-13H,1H2,2H3. The van der Waals surface area contributed by atoms with E-state index in [1.54, 1.807) is 0 Å². The molecule has 0 aromatic heterocycles. The van der Waals surface area contributed by atoms with Crippen molar-refractivity contribution in [1.29, 1.82) is 0 Å². The number of carbonyl (C=O) groups excluding carboxylic acids is 2. The van der Waals surface area contributed by atoms with Crippen LogP contribution in [0, 0.1) is 11.6 Å². The first-order valence-electron chi connectivity index (χ1n) is 8.57. The van der Waals surface area contributed by atoms with E-state index in [0.717, 1.165) is 0 Å². The molecular weight excluding hydrogens is 378 g/mol. The third kappa shape index (κ3) is 4.38. The number of halogens is 2. The van der Waals surface area contributed by atoms with Gasteiger partial charge in [0.05, 0.1) is 0 Å². The van der Waals surface area contributed by atoms with E-state index < -0.39 is 17.6 Å². The van der Waals surface area contributed by atoms with E-state index in [9.17, 15) is 18.4 Å². The van der Waals surface area contributed by atoms with Crippen LogP contribution >= 0.6 is 0 Å². The third-order valence-electron chi connectivity index (χ3n) is 4.16. The molecule has 146 valence electrons. The highest BCUT2D eigenvalue weighted by atomic mass is 19.2. The molecule has 0 saturated carbocycles. The second-order valence-corrected chi connectivity index (χ2v) is 6.22. The van der Waals surface area contributed by atoms with Gasteiger partial charge in [-0.1, -0.05) is 43.0 Å². The van der Waals surface area contributed by atoms with E-state index in [1.165, 1.54) is 67.6 Å². The second kappa shape index (κ2) is 8.48. The van der Waals surface area contributed by atoms with Crippen LogP contribution in [0.5, 0.6) is 11.5 Å². The van der Waals surface area contributed by atoms with Gasteiger partial charge in [0.25, 0.3) is 6.47 Å². The maximum absolute atomic E-state index is 14.7. The first-order valence-corrected chi connectivity index (χ1v) is 8.57. The average Bonchev–Trinajstić information content (AvgIpc) is 2.72. The average molecular weight is 394 g/mol. The van der Waals surface area contributed by atoms with Crippen molar-refractivity contribution in [2.45, 2.75) is 6.92 Å². The van der Waals surface area contributed by atoms with Crippen LogP contribution in [0.2, 0.25) is 0 Å². The number of hydrogen-bond acceptors (Lipinski definition) is 4. The summed E-state index contributed by atoms with van der Waals surface area (Å²) in [4.78, 5) is 21.9. The minimum atomic E-state index is -0.998. The van der Waals surface area contributed by atoms with Crippen molar-refractivity contribution >= 4 is 12.4 Å². The highest BCUT2D eigenvalue weighted by molar-refractivity contribution is 5.88. The Morgan fingerprint density at radius 2 is 1.28 bits per heavy atom. The van der Waals surface area contributed by atoms with E-state index in [2.05, 4.69) is 11.3 Å². The predicted octanol–water partition coefficient (Wildman–Crippen LogP) is 5.32. The fourth-order valence-electron chi connectivity index (χ4n) is 2.66. The number of ether oxygens (including phenoxy) is 2. The van der Waals surface area contributed by atoms with E-state index in [4.69, 9.17) is 4.74 Å². The van der Waals surface area contributed by atoms with Crippen LogP contribution < -0.4 is 9.47 Å². The Hall–Kier alpha value is -3.80. The van der Waals surface area contributed by atoms with Crippen molar-refractivity contribution < 1.29 is 27.8 Å². The van der Waals surface area contributed by atoms with Gasteiger partial charge >= 0.3 is 5.97 Å². The van der Waals surface area contributed by atoms with E-state index in [-0.39, 0.29) is 28.9 Å². The number of esters is 1. The first kappa shape index (κ1) is 19.9. The largest absolute Gasteiger partial charge is 0.429 e. The number of carbonyl (C=O) groups is 2. The molecule has 0 heterocycles. The maximum Gasteiger partial charge on any atom is 0.338 e. The Labute approximate surface area is 166 Å². The van der Waals surface area contributed by atoms with Gasteiger partial charge in [-0.2, -0.15) is 0 Å². The Balaban J connectivity index is 1.88. The molecule has 0 amide bonds. The molecule has 0 unspecified atom stereocenters. The third-order valence-corrected chi connectivity index (χ3v) is 4.16. The van der Waals surface area contributed by atoms with Gasteiger partial charge in [0.15, 0.2) is 11.6 Å². The van der Waals surface area contributed by atoms with Crippen LogP contribution in [-0.2, 0) is 9.59 Å². The second-order valence-electron chi connectivity index (χ2n) is 6.22. The lowest BCUT2D eigenvalue weighted by molar-refractivity contribution is -0.130. The number of hydrogen-bond donors (Lipinski definition) is 0. The molecular formula is C23H16F2O4. The Bertz CT molecular complexity index is 1070. The monoisotopic (exact) mass is 394 g/mol. The topological polar surface area (TPSA) is 52.6 Å². The summed E-state index contributed by atoms with van der Waals surface area (Å²) in [7, 11) is 0. The smallest absolute Gasteiger partial charge is 0.338 e. The predicted molar refractivity (Wildman–Crippen MR) is 104 cm³/mol. The van der Waals surface area contributed by atoms with Crippen molar-refractivity contribution in [2.24, 2.45) is 0 Å². The zero-order valence-corrected chi connectivity index (χ0v) is 15.4. The highest BCUT2D eigenvalue weighted by Crippen LogP contribution is 2.32.